The van der Waals surface area contributed by atoms with E-state index >= 15 is 0 Å². The van der Waals surface area contributed by atoms with Crippen LogP contribution >= 0.6 is 0 Å². The molecule has 4 rings (SSSR count). The topological polar surface area (TPSA) is 91.6 Å². The van der Waals surface area contributed by atoms with Crippen molar-refractivity contribution in [2.45, 2.75) is 38.1 Å². The van der Waals surface area contributed by atoms with Crippen LogP contribution in [0.3, 0.4) is 0 Å². The zero-order valence-corrected chi connectivity index (χ0v) is 13.6. The Morgan fingerprint density at radius 2 is 2.04 bits per heavy atom. The highest BCUT2D eigenvalue weighted by molar-refractivity contribution is 5.33. The summed E-state index contributed by atoms with van der Waals surface area (Å²) < 4.78 is 8.22. The summed E-state index contributed by atoms with van der Waals surface area (Å²) in [6, 6.07) is 4.00. The van der Waals surface area contributed by atoms with Crippen LogP contribution in [0.25, 0.3) is 0 Å². The molecule has 1 fully saturated rings. The average Bonchev–Trinajstić information content (AvgIpc) is 3.09. The standard InChI is InChI=1S/C16H18N6O2/c1-11-19-22(15(23)21(11)2)10-13-18-14(20-24-13)16(6-3-7-16)12-4-8-17-9-5-12/h4-5,8-9H,3,6-7,10H2,1-2H3. The van der Waals surface area contributed by atoms with Gasteiger partial charge in [-0.15, -0.1) is 0 Å². The minimum absolute atomic E-state index is 0.180. The average molecular weight is 326 g/mol. The smallest absolute Gasteiger partial charge is 0.337 e. The SMILES string of the molecule is Cc1nn(Cc2nc(C3(c4ccncc4)CCC3)no2)c(=O)n1C. The molecule has 0 aromatic carbocycles. The third-order valence-electron chi connectivity index (χ3n) is 4.88. The summed E-state index contributed by atoms with van der Waals surface area (Å²) in [5.41, 5.74) is 0.761. The van der Waals surface area contributed by atoms with Gasteiger partial charge in [-0.3, -0.25) is 9.55 Å². The number of hydrogen-bond donors (Lipinski definition) is 0. The fourth-order valence-electron chi connectivity index (χ4n) is 3.18. The third-order valence-corrected chi connectivity index (χ3v) is 4.88. The maximum atomic E-state index is 12.1. The summed E-state index contributed by atoms with van der Waals surface area (Å²) in [4.78, 5) is 20.7. The molecule has 0 aliphatic heterocycles. The molecular formula is C16H18N6O2. The molecule has 3 aromatic rings. The minimum atomic E-state index is -0.199. The molecule has 1 aliphatic rings. The molecule has 0 spiro atoms. The first kappa shape index (κ1) is 14.8. The number of pyridine rings is 1. The van der Waals surface area contributed by atoms with Gasteiger partial charge in [-0.25, -0.2) is 9.48 Å². The Morgan fingerprint density at radius 1 is 1.29 bits per heavy atom. The predicted molar refractivity (Wildman–Crippen MR) is 84.5 cm³/mol. The van der Waals surface area contributed by atoms with E-state index in [2.05, 4.69) is 20.2 Å². The highest BCUT2D eigenvalue weighted by Gasteiger charge is 2.44. The third kappa shape index (κ3) is 2.17. The monoisotopic (exact) mass is 326 g/mol. The fourth-order valence-corrected chi connectivity index (χ4v) is 3.18. The van der Waals surface area contributed by atoms with Gasteiger partial charge in [-0.05, 0) is 37.5 Å². The van der Waals surface area contributed by atoms with Gasteiger partial charge in [0.2, 0.25) is 5.89 Å². The zero-order valence-electron chi connectivity index (χ0n) is 13.6. The van der Waals surface area contributed by atoms with Crippen molar-refractivity contribution < 1.29 is 4.52 Å². The Labute approximate surface area is 138 Å². The summed E-state index contributed by atoms with van der Waals surface area (Å²) in [5.74, 6) is 1.72. The lowest BCUT2D eigenvalue weighted by Crippen LogP contribution is -2.36. The highest BCUT2D eigenvalue weighted by Crippen LogP contribution is 2.47. The first-order valence-electron chi connectivity index (χ1n) is 7.94. The van der Waals surface area contributed by atoms with E-state index in [-0.39, 0.29) is 17.6 Å². The molecule has 8 heteroatoms. The molecule has 24 heavy (non-hydrogen) atoms. The van der Waals surface area contributed by atoms with Crippen LogP contribution in [0, 0.1) is 6.92 Å². The predicted octanol–water partition coefficient (Wildman–Crippen LogP) is 1.19. The van der Waals surface area contributed by atoms with E-state index in [0.717, 1.165) is 24.8 Å². The Bertz CT molecular complexity index is 920. The van der Waals surface area contributed by atoms with Crippen LogP contribution in [-0.2, 0) is 19.0 Å². The number of aromatic nitrogens is 6. The Hall–Kier alpha value is -2.77. The van der Waals surface area contributed by atoms with E-state index in [4.69, 9.17) is 4.52 Å². The molecule has 0 saturated heterocycles. The van der Waals surface area contributed by atoms with Gasteiger partial charge in [0.1, 0.15) is 12.4 Å². The zero-order chi connectivity index (χ0) is 16.7. The fraction of sp³-hybridized carbons (Fsp3) is 0.438. The summed E-state index contributed by atoms with van der Waals surface area (Å²) in [6.45, 7) is 1.96. The van der Waals surface area contributed by atoms with Crippen LogP contribution in [0.15, 0.2) is 33.8 Å². The van der Waals surface area contributed by atoms with Crippen LogP contribution in [0.1, 0.15) is 42.4 Å². The summed E-state index contributed by atoms with van der Waals surface area (Å²) >= 11 is 0. The van der Waals surface area contributed by atoms with Crippen molar-refractivity contribution in [2.75, 3.05) is 0 Å². The second-order valence-corrected chi connectivity index (χ2v) is 6.23. The first-order chi connectivity index (χ1) is 11.6. The molecule has 124 valence electrons. The molecule has 1 aliphatic carbocycles. The van der Waals surface area contributed by atoms with Crippen LogP contribution in [0.2, 0.25) is 0 Å². The van der Waals surface area contributed by atoms with Crippen LogP contribution in [0.4, 0.5) is 0 Å². The van der Waals surface area contributed by atoms with Crippen LogP contribution in [-0.4, -0.2) is 29.5 Å². The molecular weight excluding hydrogens is 308 g/mol. The van der Waals surface area contributed by atoms with E-state index in [1.54, 1.807) is 26.4 Å². The summed E-state index contributed by atoms with van der Waals surface area (Å²) in [7, 11) is 1.69. The molecule has 0 radical (unpaired) electrons. The van der Waals surface area contributed by atoms with Gasteiger partial charge in [-0.1, -0.05) is 11.6 Å². The largest absolute Gasteiger partial charge is 0.346 e. The van der Waals surface area contributed by atoms with E-state index in [9.17, 15) is 4.79 Å². The maximum absolute atomic E-state index is 12.1. The lowest BCUT2D eigenvalue weighted by atomic mass is 9.64. The van der Waals surface area contributed by atoms with E-state index in [1.807, 2.05) is 12.1 Å². The van der Waals surface area contributed by atoms with Crippen molar-refractivity contribution in [2.24, 2.45) is 7.05 Å². The maximum Gasteiger partial charge on any atom is 0.346 e. The quantitative estimate of drug-likeness (QED) is 0.715. The number of nitrogens with zero attached hydrogens (tertiary/aromatic N) is 6. The van der Waals surface area contributed by atoms with Crippen LogP contribution < -0.4 is 5.69 Å². The van der Waals surface area contributed by atoms with E-state index in [1.165, 1.54) is 9.25 Å². The summed E-state index contributed by atoms with van der Waals surface area (Å²) in [5, 5.41) is 8.39. The van der Waals surface area contributed by atoms with Crippen molar-refractivity contribution in [1.29, 1.82) is 0 Å². The molecule has 3 aromatic heterocycles. The summed E-state index contributed by atoms with van der Waals surface area (Å²) in [6.07, 6.45) is 6.67. The molecule has 0 N–H and O–H groups in total. The van der Waals surface area contributed by atoms with Crippen LogP contribution in [0.5, 0.6) is 0 Å². The number of aryl methyl sites for hydroxylation is 1. The first-order valence-corrected chi connectivity index (χ1v) is 7.94. The van der Waals surface area contributed by atoms with Crippen molar-refractivity contribution in [3.05, 3.63) is 58.1 Å². The van der Waals surface area contributed by atoms with Crippen molar-refractivity contribution in [3.8, 4) is 0 Å². The van der Waals surface area contributed by atoms with Gasteiger partial charge in [0.05, 0.1) is 5.41 Å². The number of hydrogen-bond acceptors (Lipinski definition) is 6. The van der Waals surface area contributed by atoms with Gasteiger partial charge in [0, 0.05) is 19.4 Å². The molecule has 0 bridgehead atoms. The van der Waals surface area contributed by atoms with E-state index < -0.39 is 0 Å². The molecule has 0 unspecified atom stereocenters. The Morgan fingerprint density at radius 3 is 2.62 bits per heavy atom. The van der Waals surface area contributed by atoms with E-state index in [0.29, 0.717) is 17.5 Å². The molecule has 3 heterocycles. The van der Waals surface area contributed by atoms with Gasteiger partial charge >= 0.3 is 5.69 Å². The van der Waals surface area contributed by atoms with Crippen molar-refractivity contribution in [3.63, 3.8) is 0 Å². The van der Waals surface area contributed by atoms with Gasteiger partial charge in [-0.2, -0.15) is 10.1 Å². The molecule has 1 saturated carbocycles. The normalized spacial score (nSPS) is 16.1. The Balaban J connectivity index is 1.65. The lowest BCUT2D eigenvalue weighted by molar-refractivity contribution is 0.270. The second kappa shape index (κ2) is 5.40. The second-order valence-electron chi connectivity index (χ2n) is 6.23. The van der Waals surface area contributed by atoms with Gasteiger partial charge < -0.3 is 4.52 Å². The van der Waals surface area contributed by atoms with Gasteiger partial charge in [0.25, 0.3) is 0 Å². The molecule has 0 atom stereocenters. The van der Waals surface area contributed by atoms with Crippen molar-refractivity contribution >= 4 is 0 Å². The lowest BCUT2D eigenvalue weighted by Gasteiger charge is -2.39. The van der Waals surface area contributed by atoms with Gasteiger partial charge in [0.15, 0.2) is 5.82 Å². The molecule has 0 amide bonds. The van der Waals surface area contributed by atoms with Crippen molar-refractivity contribution in [1.82, 2.24) is 29.5 Å². The number of rotatable bonds is 4. The minimum Gasteiger partial charge on any atom is -0.337 e. The highest BCUT2D eigenvalue weighted by atomic mass is 16.5. The molecule has 8 nitrogen and oxygen atoms in total. The Kier molecular flexibility index (Phi) is 3.33.